The molecule has 1 heteroatoms. The smallest absolute Gasteiger partial charge is 0.00922 e. The van der Waals surface area contributed by atoms with Crippen molar-refractivity contribution in [1.29, 1.82) is 0 Å². The highest BCUT2D eigenvalue weighted by atomic mass is 14.9. The van der Waals surface area contributed by atoms with Crippen LogP contribution in [0.1, 0.15) is 39.0 Å². The normalized spacial score (nSPS) is 34.2. The fourth-order valence-corrected chi connectivity index (χ4v) is 2.08. The van der Waals surface area contributed by atoms with Crippen LogP contribution in [-0.4, -0.2) is 13.1 Å². The molecule has 1 aliphatic carbocycles. The van der Waals surface area contributed by atoms with Gasteiger partial charge in [-0.1, -0.05) is 26.2 Å². The standard InChI is InChI=1S/C9H19N/c1-3-8-6-4-5-7-9(8)10-2/h8-10H,3-7H2,1-2H3/t8-,9+/m1/s1. The Morgan fingerprint density at radius 3 is 2.50 bits per heavy atom. The number of nitrogens with one attached hydrogen (secondary N) is 1. The lowest BCUT2D eigenvalue weighted by atomic mass is 9.83. The maximum absolute atomic E-state index is 3.40. The average Bonchev–Trinajstić information content (AvgIpc) is 2.04. The lowest BCUT2D eigenvalue weighted by Gasteiger charge is -2.30. The molecule has 1 rings (SSSR count). The van der Waals surface area contributed by atoms with Crippen LogP contribution in [0.5, 0.6) is 0 Å². The van der Waals surface area contributed by atoms with Crippen molar-refractivity contribution in [1.82, 2.24) is 5.32 Å². The quantitative estimate of drug-likeness (QED) is 0.621. The van der Waals surface area contributed by atoms with Gasteiger partial charge in [0.05, 0.1) is 0 Å². The molecule has 0 radical (unpaired) electrons. The van der Waals surface area contributed by atoms with Crippen LogP contribution in [0.2, 0.25) is 0 Å². The Bertz CT molecular complexity index is 78.7. The second kappa shape index (κ2) is 3.97. The Balaban J connectivity index is 2.34. The lowest BCUT2D eigenvalue weighted by molar-refractivity contribution is 0.267. The molecule has 1 aliphatic rings. The maximum atomic E-state index is 3.40. The zero-order chi connectivity index (χ0) is 7.40. The Kier molecular flexibility index (Phi) is 3.20. The van der Waals surface area contributed by atoms with Gasteiger partial charge in [0, 0.05) is 6.04 Å². The van der Waals surface area contributed by atoms with E-state index in [4.69, 9.17) is 0 Å². The van der Waals surface area contributed by atoms with Gasteiger partial charge in [0.25, 0.3) is 0 Å². The SMILES string of the molecule is CC[C@@H]1CCCC[C@@H]1NC. The molecule has 1 saturated carbocycles. The number of rotatable bonds is 2. The fourth-order valence-electron chi connectivity index (χ4n) is 2.08. The minimum Gasteiger partial charge on any atom is -0.317 e. The van der Waals surface area contributed by atoms with Crippen molar-refractivity contribution in [2.45, 2.75) is 45.1 Å². The van der Waals surface area contributed by atoms with E-state index in [0.717, 1.165) is 12.0 Å². The molecule has 1 fully saturated rings. The maximum Gasteiger partial charge on any atom is 0.00922 e. The van der Waals surface area contributed by atoms with Crippen LogP contribution in [0.3, 0.4) is 0 Å². The molecule has 1 N–H and O–H groups in total. The summed E-state index contributed by atoms with van der Waals surface area (Å²) in [5, 5.41) is 3.40. The number of hydrogen-bond acceptors (Lipinski definition) is 1. The minimum absolute atomic E-state index is 0.818. The van der Waals surface area contributed by atoms with Crippen LogP contribution in [0.25, 0.3) is 0 Å². The third-order valence-corrected chi connectivity index (χ3v) is 2.80. The largest absolute Gasteiger partial charge is 0.317 e. The van der Waals surface area contributed by atoms with E-state index in [2.05, 4.69) is 19.3 Å². The van der Waals surface area contributed by atoms with E-state index in [-0.39, 0.29) is 0 Å². The lowest BCUT2D eigenvalue weighted by Crippen LogP contribution is -2.35. The highest BCUT2D eigenvalue weighted by Gasteiger charge is 2.21. The van der Waals surface area contributed by atoms with Crippen molar-refractivity contribution in [3.05, 3.63) is 0 Å². The van der Waals surface area contributed by atoms with E-state index in [1.807, 2.05) is 0 Å². The Morgan fingerprint density at radius 1 is 1.30 bits per heavy atom. The molecular weight excluding hydrogens is 122 g/mol. The van der Waals surface area contributed by atoms with Crippen LogP contribution < -0.4 is 5.32 Å². The number of hydrogen-bond donors (Lipinski definition) is 1. The van der Waals surface area contributed by atoms with Crippen molar-refractivity contribution in [3.8, 4) is 0 Å². The summed E-state index contributed by atoms with van der Waals surface area (Å²) in [6.45, 7) is 2.31. The summed E-state index contributed by atoms with van der Waals surface area (Å²) < 4.78 is 0. The summed E-state index contributed by atoms with van der Waals surface area (Å²) in [7, 11) is 2.10. The Labute approximate surface area is 64.2 Å². The highest BCUT2D eigenvalue weighted by molar-refractivity contribution is 4.78. The van der Waals surface area contributed by atoms with E-state index in [0.29, 0.717) is 0 Å². The topological polar surface area (TPSA) is 12.0 Å². The molecule has 0 heterocycles. The van der Waals surface area contributed by atoms with Crippen LogP contribution in [0.15, 0.2) is 0 Å². The summed E-state index contributed by atoms with van der Waals surface area (Å²) in [4.78, 5) is 0. The molecule has 2 atom stereocenters. The van der Waals surface area contributed by atoms with Crippen LogP contribution >= 0.6 is 0 Å². The summed E-state index contributed by atoms with van der Waals surface area (Å²) in [6, 6.07) is 0.818. The average molecular weight is 141 g/mol. The molecule has 1 nitrogen and oxygen atoms in total. The van der Waals surface area contributed by atoms with Crippen LogP contribution in [-0.2, 0) is 0 Å². The van der Waals surface area contributed by atoms with Gasteiger partial charge in [-0.3, -0.25) is 0 Å². The second-order valence-electron chi connectivity index (χ2n) is 3.35. The van der Waals surface area contributed by atoms with Gasteiger partial charge in [0.2, 0.25) is 0 Å². The van der Waals surface area contributed by atoms with Gasteiger partial charge in [0.15, 0.2) is 0 Å². The molecule has 0 saturated heterocycles. The summed E-state index contributed by atoms with van der Waals surface area (Å²) >= 11 is 0. The van der Waals surface area contributed by atoms with Crippen molar-refractivity contribution in [3.63, 3.8) is 0 Å². The van der Waals surface area contributed by atoms with Crippen molar-refractivity contribution < 1.29 is 0 Å². The van der Waals surface area contributed by atoms with Gasteiger partial charge in [-0.2, -0.15) is 0 Å². The van der Waals surface area contributed by atoms with E-state index in [1.165, 1.54) is 32.1 Å². The molecule has 0 aromatic carbocycles. The third kappa shape index (κ3) is 1.72. The van der Waals surface area contributed by atoms with E-state index in [9.17, 15) is 0 Å². The highest BCUT2D eigenvalue weighted by Crippen LogP contribution is 2.26. The first-order valence-electron chi connectivity index (χ1n) is 4.55. The predicted molar refractivity (Wildman–Crippen MR) is 45.1 cm³/mol. The van der Waals surface area contributed by atoms with Crippen LogP contribution in [0.4, 0.5) is 0 Å². The molecule has 60 valence electrons. The Morgan fingerprint density at radius 2 is 2.00 bits per heavy atom. The molecule has 0 aromatic heterocycles. The van der Waals surface area contributed by atoms with Gasteiger partial charge in [-0.05, 0) is 25.8 Å². The third-order valence-electron chi connectivity index (χ3n) is 2.80. The molecule has 0 spiro atoms. The first-order valence-corrected chi connectivity index (χ1v) is 4.55. The zero-order valence-corrected chi connectivity index (χ0v) is 7.19. The summed E-state index contributed by atoms with van der Waals surface area (Å²) in [5.41, 5.74) is 0. The molecule has 0 aliphatic heterocycles. The van der Waals surface area contributed by atoms with Gasteiger partial charge in [-0.25, -0.2) is 0 Å². The van der Waals surface area contributed by atoms with Gasteiger partial charge in [0.1, 0.15) is 0 Å². The predicted octanol–water partition coefficient (Wildman–Crippen LogP) is 2.17. The minimum atomic E-state index is 0.818. The summed E-state index contributed by atoms with van der Waals surface area (Å²) in [5.74, 6) is 0.957. The fraction of sp³-hybridized carbons (Fsp3) is 1.00. The molecule has 0 unspecified atom stereocenters. The van der Waals surface area contributed by atoms with Crippen molar-refractivity contribution in [2.24, 2.45) is 5.92 Å². The molecule has 0 bridgehead atoms. The first kappa shape index (κ1) is 8.06. The van der Waals surface area contributed by atoms with E-state index < -0.39 is 0 Å². The molecule has 0 aromatic rings. The monoisotopic (exact) mass is 141 g/mol. The second-order valence-corrected chi connectivity index (χ2v) is 3.35. The van der Waals surface area contributed by atoms with Crippen molar-refractivity contribution in [2.75, 3.05) is 7.05 Å². The summed E-state index contributed by atoms with van der Waals surface area (Å²) in [6.07, 6.45) is 7.08. The van der Waals surface area contributed by atoms with Gasteiger partial charge >= 0.3 is 0 Å². The van der Waals surface area contributed by atoms with Crippen LogP contribution in [0, 0.1) is 5.92 Å². The van der Waals surface area contributed by atoms with Gasteiger partial charge in [-0.15, -0.1) is 0 Å². The van der Waals surface area contributed by atoms with E-state index in [1.54, 1.807) is 0 Å². The molecule has 0 amide bonds. The molecule has 10 heavy (non-hydrogen) atoms. The Hall–Kier alpha value is -0.0400. The zero-order valence-electron chi connectivity index (χ0n) is 7.19. The van der Waals surface area contributed by atoms with E-state index >= 15 is 0 Å². The van der Waals surface area contributed by atoms with Crippen molar-refractivity contribution >= 4 is 0 Å². The first-order chi connectivity index (χ1) is 4.88. The van der Waals surface area contributed by atoms with Gasteiger partial charge < -0.3 is 5.32 Å². The molecular formula is C9H19N.